The fraction of sp³-hybridized carbons (Fsp3) is 0.688. The number of nitrogens with one attached hydrogen (secondary N) is 1. The Balaban J connectivity index is 2.21. The topological polar surface area (TPSA) is 37.3 Å². The Morgan fingerprint density at radius 3 is 2.71 bits per heavy atom. The third-order valence-electron chi connectivity index (χ3n) is 4.05. The van der Waals surface area contributed by atoms with Crippen molar-refractivity contribution in [2.45, 2.75) is 58.7 Å². The molecule has 1 aliphatic heterocycles. The van der Waals surface area contributed by atoms with Crippen molar-refractivity contribution < 1.29 is 4.79 Å². The molecule has 0 bridgehead atoms. The van der Waals surface area contributed by atoms with Gasteiger partial charge in [-0.3, -0.25) is 4.79 Å². The van der Waals surface area contributed by atoms with Gasteiger partial charge in [-0.25, -0.2) is 0 Å². The molecule has 1 amide bonds. The number of halogens is 1. The number of nitrogens with zero attached hydrogens (tertiary/aromatic N) is 2. The molecule has 0 spiro atoms. The third-order valence-corrected chi connectivity index (χ3v) is 4.49. The second kappa shape index (κ2) is 6.97. The van der Waals surface area contributed by atoms with E-state index in [1.54, 1.807) is 0 Å². The van der Waals surface area contributed by atoms with E-state index in [-0.39, 0.29) is 18.0 Å². The summed E-state index contributed by atoms with van der Waals surface area (Å²) in [7, 11) is 0. The van der Waals surface area contributed by atoms with Crippen molar-refractivity contribution in [2.75, 3.05) is 13.1 Å². The Kier molecular flexibility index (Phi) is 5.49. The van der Waals surface area contributed by atoms with Crippen molar-refractivity contribution in [2.24, 2.45) is 0 Å². The van der Waals surface area contributed by atoms with Crippen molar-refractivity contribution in [3.63, 3.8) is 0 Å². The first-order valence-electron chi connectivity index (χ1n) is 7.82. The van der Waals surface area contributed by atoms with Crippen LogP contribution < -0.4 is 5.32 Å². The Hall–Kier alpha value is -0.810. The van der Waals surface area contributed by atoms with Gasteiger partial charge in [0.05, 0.1) is 0 Å². The first-order chi connectivity index (χ1) is 9.90. The lowest BCUT2D eigenvalue weighted by atomic mass is 10.1. The van der Waals surface area contributed by atoms with Crippen molar-refractivity contribution in [3.8, 4) is 0 Å². The molecule has 1 fully saturated rings. The maximum absolute atomic E-state index is 13.0. The van der Waals surface area contributed by atoms with E-state index in [2.05, 4.69) is 48.9 Å². The molecule has 0 aromatic carbocycles. The smallest absolute Gasteiger partial charge is 0.270 e. The van der Waals surface area contributed by atoms with E-state index in [0.717, 1.165) is 29.7 Å². The fourth-order valence-corrected chi connectivity index (χ4v) is 3.31. The molecule has 1 atom stereocenters. The van der Waals surface area contributed by atoms with Gasteiger partial charge in [-0.1, -0.05) is 0 Å². The molecule has 118 valence electrons. The van der Waals surface area contributed by atoms with Crippen LogP contribution in [-0.2, 0) is 0 Å². The average Bonchev–Trinajstić information content (AvgIpc) is 3.03. The zero-order valence-electron chi connectivity index (χ0n) is 13.4. The molecule has 5 heteroatoms. The van der Waals surface area contributed by atoms with Gasteiger partial charge in [0.25, 0.3) is 5.91 Å². The second-order valence-electron chi connectivity index (χ2n) is 6.39. The lowest BCUT2D eigenvalue weighted by Crippen LogP contribution is -2.45. The van der Waals surface area contributed by atoms with Gasteiger partial charge in [-0.15, -0.1) is 0 Å². The summed E-state index contributed by atoms with van der Waals surface area (Å²) in [5.41, 5.74) is 0.767. The van der Waals surface area contributed by atoms with Gasteiger partial charge in [0.2, 0.25) is 0 Å². The molecule has 1 aliphatic rings. The summed E-state index contributed by atoms with van der Waals surface area (Å²) >= 11 is 3.49. The number of carbonyl (C=O) groups is 1. The van der Waals surface area contributed by atoms with Crippen LogP contribution in [0, 0.1) is 0 Å². The van der Waals surface area contributed by atoms with Crippen molar-refractivity contribution in [1.29, 1.82) is 0 Å². The molecule has 1 aromatic heterocycles. The molecular formula is C16H26BrN3O. The van der Waals surface area contributed by atoms with E-state index in [9.17, 15) is 4.79 Å². The van der Waals surface area contributed by atoms with Gasteiger partial charge in [0.15, 0.2) is 0 Å². The second-order valence-corrected chi connectivity index (χ2v) is 7.30. The predicted molar refractivity (Wildman–Crippen MR) is 89.7 cm³/mol. The quantitative estimate of drug-likeness (QED) is 0.878. The lowest BCUT2D eigenvalue weighted by Gasteiger charge is -2.30. The van der Waals surface area contributed by atoms with Crippen LogP contribution in [0.5, 0.6) is 0 Å². The number of aromatic nitrogens is 1. The summed E-state index contributed by atoms with van der Waals surface area (Å²) in [4.78, 5) is 15.0. The molecule has 1 unspecified atom stereocenters. The van der Waals surface area contributed by atoms with Crippen LogP contribution in [0.25, 0.3) is 0 Å². The highest BCUT2D eigenvalue weighted by molar-refractivity contribution is 9.10. The van der Waals surface area contributed by atoms with Gasteiger partial charge in [-0.2, -0.15) is 0 Å². The summed E-state index contributed by atoms with van der Waals surface area (Å²) in [6.45, 7) is 10.2. The van der Waals surface area contributed by atoms with E-state index < -0.39 is 0 Å². The monoisotopic (exact) mass is 355 g/mol. The van der Waals surface area contributed by atoms with Gasteiger partial charge in [0, 0.05) is 35.3 Å². The Bertz CT molecular complexity index is 490. The van der Waals surface area contributed by atoms with Crippen LogP contribution in [0.2, 0.25) is 0 Å². The van der Waals surface area contributed by atoms with Crippen molar-refractivity contribution in [3.05, 3.63) is 22.4 Å². The van der Waals surface area contributed by atoms with Crippen LogP contribution in [-0.4, -0.2) is 40.5 Å². The summed E-state index contributed by atoms with van der Waals surface area (Å²) in [6.07, 6.45) is 4.36. The summed E-state index contributed by atoms with van der Waals surface area (Å²) in [5.74, 6) is 0.123. The normalized spacial score (nSPS) is 18.7. The lowest BCUT2D eigenvalue weighted by molar-refractivity contribution is 0.0676. The first-order valence-corrected chi connectivity index (χ1v) is 8.61. The summed E-state index contributed by atoms with van der Waals surface area (Å²) in [5, 5.41) is 3.48. The molecule has 0 aliphatic carbocycles. The van der Waals surface area contributed by atoms with E-state index in [4.69, 9.17) is 0 Å². The molecule has 1 aromatic rings. The Labute approximate surface area is 136 Å². The highest BCUT2D eigenvalue weighted by Crippen LogP contribution is 2.22. The van der Waals surface area contributed by atoms with E-state index in [0.29, 0.717) is 6.04 Å². The maximum Gasteiger partial charge on any atom is 0.270 e. The molecule has 4 nitrogen and oxygen atoms in total. The van der Waals surface area contributed by atoms with Crippen LogP contribution in [0.1, 0.15) is 57.1 Å². The Morgan fingerprint density at radius 1 is 1.48 bits per heavy atom. The molecule has 21 heavy (non-hydrogen) atoms. The zero-order chi connectivity index (χ0) is 15.6. The van der Waals surface area contributed by atoms with E-state index in [1.807, 2.05) is 21.7 Å². The number of hydrogen-bond acceptors (Lipinski definition) is 2. The van der Waals surface area contributed by atoms with E-state index in [1.165, 1.54) is 6.42 Å². The highest BCUT2D eigenvalue weighted by atomic mass is 79.9. The summed E-state index contributed by atoms with van der Waals surface area (Å²) in [6, 6.07) is 2.84. The minimum Gasteiger partial charge on any atom is -0.340 e. The molecule has 2 rings (SSSR count). The van der Waals surface area contributed by atoms with E-state index >= 15 is 0 Å². The van der Waals surface area contributed by atoms with Crippen LogP contribution in [0.3, 0.4) is 0 Å². The average molecular weight is 356 g/mol. The number of hydrogen-bond donors (Lipinski definition) is 1. The number of amides is 1. The van der Waals surface area contributed by atoms with Gasteiger partial charge in [-0.05, 0) is 69.1 Å². The third kappa shape index (κ3) is 3.89. The molecular weight excluding hydrogens is 330 g/mol. The SMILES string of the molecule is CC(C)N(CC1CCCN1)C(=O)c1cc(Br)cn1C(C)C. The molecule has 1 N–H and O–H groups in total. The zero-order valence-corrected chi connectivity index (χ0v) is 15.0. The first kappa shape index (κ1) is 16.6. The van der Waals surface area contributed by atoms with Crippen LogP contribution >= 0.6 is 15.9 Å². The van der Waals surface area contributed by atoms with Crippen LogP contribution in [0.4, 0.5) is 0 Å². The van der Waals surface area contributed by atoms with Gasteiger partial charge in [0.1, 0.15) is 5.69 Å². The van der Waals surface area contributed by atoms with Gasteiger partial charge >= 0.3 is 0 Å². The fourth-order valence-electron chi connectivity index (χ4n) is 2.87. The number of rotatable bonds is 5. The maximum atomic E-state index is 13.0. The van der Waals surface area contributed by atoms with Crippen LogP contribution in [0.15, 0.2) is 16.7 Å². The molecule has 0 radical (unpaired) electrons. The summed E-state index contributed by atoms with van der Waals surface area (Å²) < 4.78 is 3.01. The Morgan fingerprint density at radius 2 is 2.19 bits per heavy atom. The molecule has 2 heterocycles. The minimum atomic E-state index is 0.123. The number of carbonyl (C=O) groups excluding carboxylic acids is 1. The minimum absolute atomic E-state index is 0.123. The van der Waals surface area contributed by atoms with Crippen molar-refractivity contribution in [1.82, 2.24) is 14.8 Å². The van der Waals surface area contributed by atoms with Gasteiger partial charge < -0.3 is 14.8 Å². The standard InChI is InChI=1S/C16H26BrN3O/c1-11(2)19-9-13(17)8-15(19)16(21)20(12(3)4)10-14-6-5-7-18-14/h8-9,11-12,14,18H,5-7,10H2,1-4H3. The molecule has 1 saturated heterocycles. The highest BCUT2D eigenvalue weighted by Gasteiger charge is 2.26. The molecule has 0 saturated carbocycles. The van der Waals surface area contributed by atoms with Crippen molar-refractivity contribution >= 4 is 21.8 Å². The predicted octanol–water partition coefficient (Wildman–Crippen LogP) is 3.43. The largest absolute Gasteiger partial charge is 0.340 e.